The van der Waals surface area contributed by atoms with Crippen LogP contribution in [0.2, 0.25) is 0 Å². The molecule has 0 aliphatic carbocycles. The molecule has 6 nitrogen and oxygen atoms in total. The van der Waals surface area contributed by atoms with Crippen molar-refractivity contribution in [3.63, 3.8) is 0 Å². The maximum Gasteiger partial charge on any atom is 0.276 e. The molecule has 0 spiro atoms. The zero-order valence-electron chi connectivity index (χ0n) is 14.9. The molecule has 4 aromatic rings. The van der Waals surface area contributed by atoms with Crippen molar-refractivity contribution in [3.8, 4) is 11.3 Å². The molecule has 4 rings (SSSR count). The summed E-state index contributed by atoms with van der Waals surface area (Å²) in [7, 11) is 3.55. The molecular formula is C20H19N5O. The first-order chi connectivity index (χ1) is 12.5. The van der Waals surface area contributed by atoms with Gasteiger partial charge in [0.1, 0.15) is 11.5 Å². The summed E-state index contributed by atoms with van der Waals surface area (Å²) in [6, 6.07) is 17.4. The minimum Gasteiger partial charge on any atom is -0.342 e. The van der Waals surface area contributed by atoms with Crippen molar-refractivity contribution in [2.45, 2.75) is 6.92 Å². The quantitative estimate of drug-likeness (QED) is 0.617. The molecule has 0 radical (unpaired) electrons. The van der Waals surface area contributed by atoms with E-state index >= 15 is 0 Å². The van der Waals surface area contributed by atoms with Gasteiger partial charge in [-0.3, -0.25) is 9.48 Å². The molecule has 130 valence electrons. The second-order valence-electron chi connectivity index (χ2n) is 6.29. The van der Waals surface area contributed by atoms with Gasteiger partial charge < -0.3 is 9.88 Å². The normalized spacial score (nSPS) is 11.0. The number of anilines is 1. The van der Waals surface area contributed by atoms with Crippen LogP contribution in [-0.2, 0) is 7.05 Å². The first kappa shape index (κ1) is 16.1. The highest BCUT2D eigenvalue weighted by molar-refractivity contribution is 6.05. The zero-order chi connectivity index (χ0) is 18.3. The summed E-state index contributed by atoms with van der Waals surface area (Å²) in [5.74, 6) is 0.739. The summed E-state index contributed by atoms with van der Waals surface area (Å²) in [6.07, 6.45) is 0. The Morgan fingerprint density at radius 1 is 1.12 bits per heavy atom. The maximum absolute atomic E-state index is 13.0. The van der Waals surface area contributed by atoms with Crippen LogP contribution in [0.25, 0.3) is 22.3 Å². The van der Waals surface area contributed by atoms with Crippen LogP contribution in [0.1, 0.15) is 16.3 Å². The van der Waals surface area contributed by atoms with E-state index in [1.54, 1.807) is 23.7 Å². The number of aromatic nitrogens is 4. The van der Waals surface area contributed by atoms with Gasteiger partial charge in [-0.15, -0.1) is 0 Å². The Kier molecular flexibility index (Phi) is 3.80. The number of amides is 1. The predicted octanol–water partition coefficient (Wildman–Crippen LogP) is 3.55. The zero-order valence-corrected chi connectivity index (χ0v) is 14.9. The van der Waals surface area contributed by atoms with E-state index in [-0.39, 0.29) is 5.91 Å². The summed E-state index contributed by atoms with van der Waals surface area (Å²) in [4.78, 5) is 22.2. The minimum absolute atomic E-state index is 0.113. The molecular weight excluding hydrogens is 326 g/mol. The summed E-state index contributed by atoms with van der Waals surface area (Å²) in [5.41, 5.74) is 4.90. The van der Waals surface area contributed by atoms with Gasteiger partial charge in [0.2, 0.25) is 0 Å². The standard InChI is InChI=1S/C20H19N5O/c1-13-21-16-10-9-15(11-18(16)22-13)24(2)20(26)19-12-17(23-25(19)3)14-7-5-4-6-8-14/h4-12H,1-3H3,(H,21,22). The van der Waals surface area contributed by atoms with E-state index in [2.05, 4.69) is 15.1 Å². The molecule has 0 saturated heterocycles. The third kappa shape index (κ3) is 2.75. The fourth-order valence-electron chi connectivity index (χ4n) is 3.04. The molecule has 0 aliphatic heterocycles. The summed E-state index contributed by atoms with van der Waals surface area (Å²) < 4.78 is 1.63. The number of H-pyrrole nitrogens is 1. The Labute approximate surface area is 151 Å². The van der Waals surface area contributed by atoms with Crippen LogP contribution in [0.4, 0.5) is 5.69 Å². The molecule has 1 N–H and O–H groups in total. The lowest BCUT2D eigenvalue weighted by atomic mass is 10.1. The molecule has 26 heavy (non-hydrogen) atoms. The van der Waals surface area contributed by atoms with E-state index < -0.39 is 0 Å². The number of benzene rings is 2. The van der Waals surface area contributed by atoms with Gasteiger partial charge in [-0.05, 0) is 31.2 Å². The second kappa shape index (κ2) is 6.15. The number of carbonyl (C=O) groups is 1. The fraction of sp³-hybridized carbons (Fsp3) is 0.150. The molecule has 0 aliphatic rings. The van der Waals surface area contributed by atoms with Crippen molar-refractivity contribution < 1.29 is 4.79 Å². The molecule has 2 aromatic heterocycles. The van der Waals surface area contributed by atoms with Gasteiger partial charge in [-0.2, -0.15) is 5.10 Å². The number of aromatic amines is 1. The van der Waals surface area contributed by atoms with Gasteiger partial charge in [0.15, 0.2) is 0 Å². The van der Waals surface area contributed by atoms with E-state index in [9.17, 15) is 4.79 Å². The van der Waals surface area contributed by atoms with Crippen molar-refractivity contribution >= 4 is 22.6 Å². The van der Waals surface area contributed by atoms with Crippen molar-refractivity contribution in [2.75, 3.05) is 11.9 Å². The first-order valence-corrected chi connectivity index (χ1v) is 8.37. The number of hydrogen-bond donors (Lipinski definition) is 1. The third-order valence-corrected chi connectivity index (χ3v) is 4.44. The highest BCUT2D eigenvalue weighted by Gasteiger charge is 2.19. The minimum atomic E-state index is -0.113. The Bertz CT molecular complexity index is 1090. The Morgan fingerprint density at radius 3 is 2.65 bits per heavy atom. The Balaban J connectivity index is 1.67. The monoisotopic (exact) mass is 345 g/mol. The van der Waals surface area contributed by atoms with E-state index in [0.29, 0.717) is 5.69 Å². The SMILES string of the molecule is Cc1nc2ccc(N(C)C(=O)c3cc(-c4ccccc4)nn3C)cc2[nH]1. The molecule has 6 heteroatoms. The molecule has 1 amide bonds. The molecule has 0 fully saturated rings. The molecule has 2 heterocycles. The predicted molar refractivity (Wildman–Crippen MR) is 102 cm³/mol. The molecule has 0 bridgehead atoms. The Hall–Kier alpha value is -3.41. The highest BCUT2D eigenvalue weighted by Crippen LogP contribution is 2.23. The number of rotatable bonds is 3. The smallest absolute Gasteiger partial charge is 0.276 e. The van der Waals surface area contributed by atoms with E-state index in [1.807, 2.05) is 61.5 Å². The van der Waals surface area contributed by atoms with Crippen LogP contribution in [-0.4, -0.2) is 32.7 Å². The number of nitrogens with zero attached hydrogens (tertiary/aromatic N) is 4. The third-order valence-electron chi connectivity index (χ3n) is 4.44. The van der Waals surface area contributed by atoms with Crippen LogP contribution in [0.5, 0.6) is 0 Å². The Morgan fingerprint density at radius 2 is 1.88 bits per heavy atom. The lowest BCUT2D eigenvalue weighted by molar-refractivity contribution is 0.0984. The summed E-state index contributed by atoms with van der Waals surface area (Å²) >= 11 is 0. The number of imidazole rings is 1. The number of carbonyl (C=O) groups excluding carboxylic acids is 1. The molecule has 0 saturated carbocycles. The van der Waals surface area contributed by atoms with Gasteiger partial charge in [0.05, 0.1) is 16.7 Å². The van der Waals surface area contributed by atoms with Crippen LogP contribution >= 0.6 is 0 Å². The average molecular weight is 345 g/mol. The van der Waals surface area contributed by atoms with Gasteiger partial charge in [-0.1, -0.05) is 30.3 Å². The number of hydrogen-bond acceptors (Lipinski definition) is 3. The summed E-state index contributed by atoms with van der Waals surface area (Å²) in [5, 5.41) is 4.48. The molecule has 2 aromatic carbocycles. The largest absolute Gasteiger partial charge is 0.342 e. The van der Waals surface area contributed by atoms with Gasteiger partial charge in [0.25, 0.3) is 5.91 Å². The van der Waals surface area contributed by atoms with Crippen LogP contribution in [0, 0.1) is 6.92 Å². The average Bonchev–Trinajstić information content (AvgIpc) is 3.22. The van der Waals surface area contributed by atoms with Gasteiger partial charge >= 0.3 is 0 Å². The van der Waals surface area contributed by atoms with E-state index in [0.717, 1.165) is 33.8 Å². The molecule has 0 atom stereocenters. The first-order valence-electron chi connectivity index (χ1n) is 8.37. The topological polar surface area (TPSA) is 66.8 Å². The summed E-state index contributed by atoms with van der Waals surface area (Å²) in [6.45, 7) is 1.91. The van der Waals surface area contributed by atoms with E-state index in [4.69, 9.17) is 0 Å². The number of aryl methyl sites for hydroxylation is 2. The van der Waals surface area contributed by atoms with Crippen molar-refractivity contribution in [2.24, 2.45) is 7.05 Å². The maximum atomic E-state index is 13.0. The van der Waals surface area contributed by atoms with Crippen LogP contribution in [0.15, 0.2) is 54.6 Å². The number of nitrogens with one attached hydrogen (secondary N) is 1. The van der Waals surface area contributed by atoms with Gasteiger partial charge in [-0.25, -0.2) is 4.98 Å². The van der Waals surface area contributed by atoms with Crippen LogP contribution in [0.3, 0.4) is 0 Å². The molecule has 0 unspecified atom stereocenters. The van der Waals surface area contributed by atoms with E-state index in [1.165, 1.54) is 0 Å². The van der Waals surface area contributed by atoms with Crippen molar-refractivity contribution in [1.82, 2.24) is 19.7 Å². The van der Waals surface area contributed by atoms with Gasteiger partial charge in [0, 0.05) is 25.3 Å². The number of fused-ring (bicyclic) bond motifs is 1. The van der Waals surface area contributed by atoms with Crippen LogP contribution < -0.4 is 4.90 Å². The fourth-order valence-corrected chi connectivity index (χ4v) is 3.04. The lowest BCUT2D eigenvalue weighted by Crippen LogP contribution is -2.28. The second-order valence-corrected chi connectivity index (χ2v) is 6.29. The van der Waals surface area contributed by atoms with Crippen molar-refractivity contribution in [3.05, 3.63) is 66.1 Å². The lowest BCUT2D eigenvalue weighted by Gasteiger charge is -2.17. The van der Waals surface area contributed by atoms with Crippen molar-refractivity contribution in [1.29, 1.82) is 0 Å². The highest BCUT2D eigenvalue weighted by atomic mass is 16.2.